The minimum absolute atomic E-state index is 0.530. The second-order valence-corrected chi connectivity index (χ2v) is 5.46. The van der Waals surface area contributed by atoms with E-state index >= 15 is 0 Å². The minimum atomic E-state index is -4.00. The van der Waals surface area contributed by atoms with E-state index in [0.717, 1.165) is 4.35 Å². The van der Waals surface area contributed by atoms with Gasteiger partial charge in [0.1, 0.15) is 0 Å². The quantitative estimate of drug-likeness (QED) is 0.579. The SMILES string of the molecule is O=[As]c1ccc(NCS(=O)(=O)O)cc1. The molecule has 7 heteroatoms. The van der Waals surface area contributed by atoms with E-state index in [-0.39, 0.29) is 0 Å². The van der Waals surface area contributed by atoms with Crippen LogP contribution in [0.3, 0.4) is 0 Å². The van der Waals surface area contributed by atoms with Crippen LogP contribution in [-0.2, 0) is 13.9 Å². The third-order valence-corrected chi connectivity index (χ3v) is 3.01. The Morgan fingerprint density at radius 3 is 2.29 bits per heavy atom. The van der Waals surface area contributed by atoms with Crippen molar-refractivity contribution in [3.63, 3.8) is 0 Å². The average molecular weight is 277 g/mol. The molecule has 2 N–H and O–H groups in total. The molecule has 1 aromatic rings. The Balaban J connectivity index is 2.65. The Bertz CT molecular complexity index is 414. The van der Waals surface area contributed by atoms with Gasteiger partial charge in [-0.1, -0.05) is 0 Å². The van der Waals surface area contributed by atoms with Crippen molar-refractivity contribution in [1.29, 1.82) is 0 Å². The second kappa shape index (κ2) is 4.68. The fraction of sp³-hybridized carbons (Fsp3) is 0.143. The molecule has 0 unspecified atom stereocenters. The summed E-state index contributed by atoms with van der Waals surface area (Å²) in [7, 11) is -4.00. The van der Waals surface area contributed by atoms with Crippen molar-refractivity contribution >= 4 is 35.8 Å². The first kappa shape index (κ1) is 11.4. The van der Waals surface area contributed by atoms with Crippen LogP contribution >= 0.6 is 0 Å². The van der Waals surface area contributed by atoms with Crippen molar-refractivity contribution < 1.29 is 16.7 Å². The van der Waals surface area contributed by atoms with Gasteiger partial charge in [-0.15, -0.1) is 0 Å². The molecule has 14 heavy (non-hydrogen) atoms. The third-order valence-electron chi connectivity index (χ3n) is 1.43. The van der Waals surface area contributed by atoms with Gasteiger partial charge in [-0.2, -0.15) is 0 Å². The molecule has 0 amide bonds. The first-order valence-electron chi connectivity index (χ1n) is 3.64. The molecule has 0 aliphatic heterocycles. The van der Waals surface area contributed by atoms with Crippen molar-refractivity contribution in [3.8, 4) is 0 Å². The molecule has 1 aromatic carbocycles. The molecular formula is C7H8AsNO4S. The van der Waals surface area contributed by atoms with Gasteiger partial charge in [0.25, 0.3) is 0 Å². The molecule has 0 spiro atoms. The zero-order valence-electron chi connectivity index (χ0n) is 7.04. The zero-order valence-corrected chi connectivity index (χ0v) is 9.74. The van der Waals surface area contributed by atoms with Gasteiger partial charge >= 0.3 is 88.0 Å². The van der Waals surface area contributed by atoms with Crippen molar-refractivity contribution in [2.45, 2.75) is 0 Å². The van der Waals surface area contributed by atoms with E-state index in [2.05, 4.69) is 5.32 Å². The topological polar surface area (TPSA) is 83.5 Å². The summed E-state index contributed by atoms with van der Waals surface area (Å²) in [6.45, 7) is 0. The Kier molecular flexibility index (Phi) is 3.80. The summed E-state index contributed by atoms with van der Waals surface area (Å²) in [5.41, 5.74) is 0.557. The number of anilines is 1. The molecule has 0 aromatic heterocycles. The maximum atomic E-state index is 10.5. The standard InChI is InChI=1S/C7H8AsNO4S/c10-8-6-1-3-7(4-2-6)9-5-14(11,12)13/h1-4,9H,5H2,(H,11,12,13). The van der Waals surface area contributed by atoms with Gasteiger partial charge < -0.3 is 0 Å². The Hall–Kier alpha value is -0.712. The van der Waals surface area contributed by atoms with Crippen LogP contribution in [0.4, 0.5) is 5.69 Å². The van der Waals surface area contributed by atoms with E-state index in [0.29, 0.717) is 5.69 Å². The van der Waals surface area contributed by atoms with Gasteiger partial charge in [-0.3, -0.25) is 0 Å². The van der Waals surface area contributed by atoms with Gasteiger partial charge in [0.05, 0.1) is 0 Å². The molecule has 0 heterocycles. The summed E-state index contributed by atoms with van der Waals surface area (Å²) in [6, 6.07) is 6.49. The van der Waals surface area contributed by atoms with Crippen LogP contribution in [0.5, 0.6) is 0 Å². The van der Waals surface area contributed by atoms with Crippen molar-refractivity contribution in [2.75, 3.05) is 11.2 Å². The molecular weight excluding hydrogens is 269 g/mol. The second-order valence-electron chi connectivity index (χ2n) is 2.54. The molecule has 76 valence electrons. The maximum absolute atomic E-state index is 10.5. The molecule has 0 bridgehead atoms. The average Bonchev–Trinajstić information content (AvgIpc) is 2.14. The number of hydrogen-bond donors (Lipinski definition) is 2. The van der Waals surface area contributed by atoms with Gasteiger partial charge in [-0.25, -0.2) is 0 Å². The van der Waals surface area contributed by atoms with Crippen LogP contribution in [0.25, 0.3) is 0 Å². The van der Waals surface area contributed by atoms with Crippen LogP contribution in [-0.4, -0.2) is 34.5 Å². The first-order valence-corrected chi connectivity index (χ1v) is 6.95. The number of rotatable bonds is 4. The van der Waals surface area contributed by atoms with Crippen LogP contribution in [0.15, 0.2) is 24.3 Å². The van der Waals surface area contributed by atoms with Crippen molar-refractivity contribution in [2.24, 2.45) is 0 Å². The number of benzene rings is 1. The Labute approximate surface area is 88.2 Å². The molecule has 0 radical (unpaired) electrons. The summed E-state index contributed by atoms with van der Waals surface area (Å²) in [4.78, 5) is 0. The summed E-state index contributed by atoms with van der Waals surface area (Å²) < 4.78 is 40.4. The van der Waals surface area contributed by atoms with Gasteiger partial charge in [0.15, 0.2) is 0 Å². The van der Waals surface area contributed by atoms with Gasteiger partial charge in [-0.05, 0) is 0 Å². The molecule has 5 nitrogen and oxygen atoms in total. The van der Waals surface area contributed by atoms with Crippen LogP contribution in [0, 0.1) is 0 Å². The van der Waals surface area contributed by atoms with E-state index in [1.807, 2.05) is 0 Å². The van der Waals surface area contributed by atoms with Gasteiger partial charge in [0.2, 0.25) is 0 Å². The van der Waals surface area contributed by atoms with E-state index < -0.39 is 31.7 Å². The summed E-state index contributed by atoms with van der Waals surface area (Å²) in [5.74, 6) is -0.530. The summed E-state index contributed by atoms with van der Waals surface area (Å²) in [5, 5.41) is 2.51. The predicted octanol–water partition coefficient (Wildman–Crippen LogP) is -0.381. The van der Waals surface area contributed by atoms with E-state index in [4.69, 9.17) is 4.55 Å². The summed E-state index contributed by atoms with van der Waals surface area (Å²) >= 11 is -1.05. The Morgan fingerprint density at radius 1 is 1.29 bits per heavy atom. The van der Waals surface area contributed by atoms with Crippen molar-refractivity contribution in [3.05, 3.63) is 24.3 Å². The fourth-order valence-corrected chi connectivity index (χ4v) is 1.73. The molecule has 1 rings (SSSR count). The third kappa shape index (κ3) is 4.00. The summed E-state index contributed by atoms with van der Waals surface area (Å²) in [6.07, 6.45) is 0. The molecule has 0 atom stereocenters. The molecule has 0 aliphatic carbocycles. The predicted molar refractivity (Wildman–Crippen MR) is 52.6 cm³/mol. The number of nitrogens with one attached hydrogen (secondary N) is 1. The molecule has 0 aliphatic rings. The number of hydrogen-bond acceptors (Lipinski definition) is 4. The van der Waals surface area contributed by atoms with Crippen LogP contribution < -0.4 is 9.67 Å². The van der Waals surface area contributed by atoms with E-state index in [9.17, 15) is 12.2 Å². The van der Waals surface area contributed by atoms with E-state index in [1.54, 1.807) is 24.3 Å². The van der Waals surface area contributed by atoms with E-state index in [1.165, 1.54) is 0 Å². The Morgan fingerprint density at radius 2 is 1.86 bits per heavy atom. The van der Waals surface area contributed by atoms with Crippen LogP contribution in [0.1, 0.15) is 0 Å². The van der Waals surface area contributed by atoms with Crippen LogP contribution in [0.2, 0.25) is 0 Å². The molecule has 0 saturated carbocycles. The van der Waals surface area contributed by atoms with Crippen molar-refractivity contribution in [1.82, 2.24) is 0 Å². The molecule has 0 saturated heterocycles. The monoisotopic (exact) mass is 277 g/mol. The fourth-order valence-electron chi connectivity index (χ4n) is 0.815. The first-order chi connectivity index (χ1) is 6.51. The zero-order chi connectivity index (χ0) is 10.6. The molecule has 0 fully saturated rings. The normalized spacial score (nSPS) is 11.5. The van der Waals surface area contributed by atoms with Gasteiger partial charge in [0, 0.05) is 0 Å².